The number of carbonyl (C=O) groups is 1. The lowest BCUT2D eigenvalue weighted by Gasteiger charge is -2.26. The number of thiophene rings is 1. The van der Waals surface area contributed by atoms with Crippen LogP contribution in [0.5, 0.6) is 0 Å². The molecule has 2 nitrogen and oxygen atoms in total. The van der Waals surface area contributed by atoms with Gasteiger partial charge < -0.3 is 4.90 Å². The van der Waals surface area contributed by atoms with Gasteiger partial charge in [-0.15, -0.1) is 11.3 Å². The van der Waals surface area contributed by atoms with E-state index in [0.717, 1.165) is 18.5 Å². The number of benzene rings is 3. The number of hydrogen-bond donors (Lipinski definition) is 0. The van der Waals surface area contributed by atoms with Crippen molar-refractivity contribution in [3.8, 4) is 0 Å². The molecular weight excluding hydrogens is 410 g/mol. The fourth-order valence-electron chi connectivity index (χ4n) is 4.10. The zero-order chi connectivity index (χ0) is 22.2. The second kappa shape index (κ2) is 10.9. The smallest absolute Gasteiger partial charge is 0.227 e. The zero-order valence-corrected chi connectivity index (χ0v) is 19.3. The van der Waals surface area contributed by atoms with E-state index >= 15 is 0 Å². The summed E-state index contributed by atoms with van der Waals surface area (Å²) >= 11 is 1.73. The van der Waals surface area contributed by atoms with Gasteiger partial charge in [-0.25, -0.2) is 0 Å². The average Bonchev–Trinajstić information content (AvgIpc) is 3.24. The highest BCUT2D eigenvalue weighted by atomic mass is 32.1. The van der Waals surface area contributed by atoms with Crippen molar-refractivity contribution in [2.24, 2.45) is 0 Å². The lowest BCUT2D eigenvalue weighted by atomic mass is 9.88. The summed E-state index contributed by atoms with van der Waals surface area (Å²) in [5, 5.41) is 2.11. The minimum absolute atomic E-state index is 0.184. The predicted molar refractivity (Wildman–Crippen MR) is 134 cm³/mol. The first-order valence-corrected chi connectivity index (χ1v) is 12.0. The Morgan fingerprint density at radius 1 is 0.812 bits per heavy atom. The number of amides is 1. The van der Waals surface area contributed by atoms with Gasteiger partial charge in [-0.05, 0) is 47.0 Å². The van der Waals surface area contributed by atoms with Crippen LogP contribution in [0.4, 0.5) is 0 Å². The Bertz CT molecular complexity index is 1070. The molecule has 32 heavy (non-hydrogen) atoms. The van der Waals surface area contributed by atoms with Crippen LogP contribution in [0.25, 0.3) is 0 Å². The maximum atomic E-state index is 13.4. The van der Waals surface area contributed by atoms with Crippen LogP contribution < -0.4 is 0 Å². The Hall–Kier alpha value is -3.17. The van der Waals surface area contributed by atoms with Gasteiger partial charge in [0.05, 0.1) is 13.0 Å². The van der Waals surface area contributed by atoms with E-state index in [1.807, 2.05) is 35.2 Å². The molecule has 3 aromatic carbocycles. The van der Waals surface area contributed by atoms with Crippen molar-refractivity contribution >= 4 is 17.2 Å². The largest absolute Gasteiger partial charge is 0.337 e. The summed E-state index contributed by atoms with van der Waals surface area (Å²) in [6.45, 7) is 3.52. The molecule has 162 valence electrons. The van der Waals surface area contributed by atoms with Crippen molar-refractivity contribution in [3.05, 3.63) is 130 Å². The van der Waals surface area contributed by atoms with Crippen molar-refractivity contribution < 1.29 is 4.79 Å². The Morgan fingerprint density at radius 2 is 1.38 bits per heavy atom. The van der Waals surface area contributed by atoms with Crippen molar-refractivity contribution in [1.82, 2.24) is 4.90 Å². The number of aryl methyl sites for hydroxylation is 1. The van der Waals surface area contributed by atoms with Crippen LogP contribution in [0.3, 0.4) is 0 Å². The summed E-state index contributed by atoms with van der Waals surface area (Å²) in [5.41, 5.74) is 4.91. The van der Waals surface area contributed by atoms with Crippen molar-refractivity contribution in [2.75, 3.05) is 6.54 Å². The maximum Gasteiger partial charge on any atom is 0.227 e. The van der Waals surface area contributed by atoms with E-state index in [2.05, 4.69) is 79.0 Å². The molecule has 0 N–H and O–H groups in total. The third kappa shape index (κ3) is 5.74. The first-order valence-electron chi connectivity index (χ1n) is 11.2. The molecule has 0 aliphatic rings. The molecular formula is C29H29NOS. The molecule has 0 unspecified atom stereocenters. The normalized spacial score (nSPS) is 10.9. The highest BCUT2D eigenvalue weighted by molar-refractivity contribution is 7.10. The lowest BCUT2D eigenvalue weighted by Crippen LogP contribution is -2.33. The molecule has 1 heterocycles. The molecule has 0 saturated carbocycles. The molecule has 0 spiro atoms. The molecule has 0 aliphatic carbocycles. The standard InChI is InChI=1S/C29H29NOS/c1-23-18-20-32-28(23)22-30(29(31)21-24-11-5-2-6-12-24)19-17-27(25-13-7-3-8-14-25)26-15-9-4-10-16-26/h2-16,18,20,27H,17,19,21-22H2,1H3. The monoisotopic (exact) mass is 439 g/mol. The Balaban J connectivity index is 1.56. The van der Waals surface area contributed by atoms with Crippen molar-refractivity contribution in [2.45, 2.75) is 32.2 Å². The number of nitrogens with zero attached hydrogens (tertiary/aromatic N) is 1. The van der Waals surface area contributed by atoms with Crippen LogP contribution in [-0.4, -0.2) is 17.4 Å². The van der Waals surface area contributed by atoms with Gasteiger partial charge >= 0.3 is 0 Å². The Kier molecular flexibility index (Phi) is 7.52. The minimum atomic E-state index is 0.184. The number of hydrogen-bond acceptors (Lipinski definition) is 2. The molecule has 4 rings (SSSR count). The van der Waals surface area contributed by atoms with E-state index in [1.165, 1.54) is 21.6 Å². The first-order chi connectivity index (χ1) is 15.7. The highest BCUT2D eigenvalue weighted by Gasteiger charge is 2.20. The summed E-state index contributed by atoms with van der Waals surface area (Å²) in [5.74, 6) is 0.442. The van der Waals surface area contributed by atoms with Crippen LogP contribution in [0.2, 0.25) is 0 Å². The highest BCUT2D eigenvalue weighted by Crippen LogP contribution is 2.29. The van der Waals surface area contributed by atoms with Gasteiger partial charge in [0.1, 0.15) is 0 Å². The van der Waals surface area contributed by atoms with Gasteiger partial charge in [-0.2, -0.15) is 0 Å². The predicted octanol–water partition coefficient (Wildman–Crippen LogP) is 6.85. The Labute approximate surface area is 195 Å². The molecule has 1 amide bonds. The molecule has 0 atom stereocenters. The topological polar surface area (TPSA) is 20.3 Å². The van der Waals surface area contributed by atoms with Crippen LogP contribution in [-0.2, 0) is 17.8 Å². The van der Waals surface area contributed by atoms with Gasteiger partial charge in [0.15, 0.2) is 0 Å². The molecule has 0 fully saturated rings. The van der Waals surface area contributed by atoms with Crippen molar-refractivity contribution in [1.29, 1.82) is 0 Å². The van der Waals surface area contributed by atoms with E-state index in [4.69, 9.17) is 0 Å². The van der Waals surface area contributed by atoms with Crippen LogP contribution >= 0.6 is 11.3 Å². The van der Waals surface area contributed by atoms with Gasteiger partial charge in [-0.1, -0.05) is 91.0 Å². The summed E-state index contributed by atoms with van der Waals surface area (Å²) < 4.78 is 0. The maximum absolute atomic E-state index is 13.4. The van der Waals surface area contributed by atoms with Gasteiger partial charge in [0.2, 0.25) is 5.91 Å². The first kappa shape index (κ1) is 22.0. The molecule has 0 bridgehead atoms. The summed E-state index contributed by atoms with van der Waals surface area (Å²) in [6, 6.07) is 33.4. The van der Waals surface area contributed by atoms with Crippen LogP contribution in [0, 0.1) is 6.92 Å². The quantitative estimate of drug-likeness (QED) is 0.279. The fourth-order valence-corrected chi connectivity index (χ4v) is 5.02. The van der Waals surface area contributed by atoms with Crippen LogP contribution in [0.1, 0.15) is 39.5 Å². The molecule has 0 radical (unpaired) electrons. The van der Waals surface area contributed by atoms with E-state index < -0.39 is 0 Å². The van der Waals surface area contributed by atoms with Gasteiger partial charge in [0, 0.05) is 17.3 Å². The van der Waals surface area contributed by atoms with Gasteiger partial charge in [-0.3, -0.25) is 4.79 Å². The van der Waals surface area contributed by atoms with E-state index in [-0.39, 0.29) is 11.8 Å². The minimum Gasteiger partial charge on any atom is -0.337 e. The third-order valence-electron chi connectivity index (χ3n) is 5.95. The summed E-state index contributed by atoms with van der Waals surface area (Å²) in [7, 11) is 0. The van der Waals surface area contributed by atoms with Crippen LogP contribution in [0.15, 0.2) is 102 Å². The summed E-state index contributed by atoms with van der Waals surface area (Å²) in [6.07, 6.45) is 1.32. The van der Waals surface area contributed by atoms with Crippen molar-refractivity contribution in [3.63, 3.8) is 0 Å². The van der Waals surface area contributed by atoms with E-state index in [9.17, 15) is 4.79 Å². The SMILES string of the molecule is Cc1ccsc1CN(CCC(c1ccccc1)c1ccccc1)C(=O)Cc1ccccc1. The third-order valence-corrected chi connectivity index (χ3v) is 6.95. The number of carbonyl (C=O) groups excluding carboxylic acids is 1. The molecule has 1 aromatic heterocycles. The molecule has 0 saturated heterocycles. The molecule has 0 aliphatic heterocycles. The second-order valence-electron chi connectivity index (χ2n) is 8.17. The Morgan fingerprint density at radius 3 is 1.91 bits per heavy atom. The molecule has 4 aromatic rings. The lowest BCUT2D eigenvalue weighted by molar-refractivity contribution is -0.131. The second-order valence-corrected chi connectivity index (χ2v) is 9.17. The zero-order valence-electron chi connectivity index (χ0n) is 18.5. The average molecular weight is 440 g/mol. The van der Waals surface area contributed by atoms with E-state index in [0.29, 0.717) is 13.0 Å². The summed E-state index contributed by atoms with van der Waals surface area (Å²) in [4.78, 5) is 16.7. The van der Waals surface area contributed by atoms with E-state index in [1.54, 1.807) is 11.3 Å². The fraction of sp³-hybridized carbons (Fsp3) is 0.207. The van der Waals surface area contributed by atoms with Gasteiger partial charge in [0.25, 0.3) is 0 Å². The molecule has 3 heteroatoms. The number of rotatable bonds is 9.